The van der Waals surface area contributed by atoms with E-state index in [-0.39, 0.29) is 25.1 Å². The molecule has 1 saturated heterocycles. The first-order valence-corrected chi connectivity index (χ1v) is 14.4. The summed E-state index contributed by atoms with van der Waals surface area (Å²) in [6.45, 7) is 6.81. The lowest BCUT2D eigenvalue weighted by Crippen LogP contribution is -2.48. The van der Waals surface area contributed by atoms with Crippen molar-refractivity contribution in [2.24, 2.45) is 0 Å². The largest absolute Gasteiger partial charge is 0.462 e. The van der Waals surface area contributed by atoms with E-state index in [1.165, 1.54) is 0 Å². The molecule has 1 fully saturated rings. The summed E-state index contributed by atoms with van der Waals surface area (Å²) in [4.78, 5) is 45.8. The van der Waals surface area contributed by atoms with Gasteiger partial charge in [0.25, 0.3) is 0 Å². The molecule has 2 aromatic carbocycles. The highest BCUT2D eigenvalue weighted by Gasteiger charge is 2.23. The number of rotatable bonds is 12. The minimum absolute atomic E-state index is 0.0602. The SMILES string of the molecule is CCOC(=O)c1ccc(NC(=O)N(CCN2CCOCC2)CC(=O)N(Cc2ccccc2)Cc2cccs2)cc1. The molecule has 3 amide bonds. The second-order valence-corrected chi connectivity index (χ2v) is 10.5. The van der Waals surface area contributed by atoms with Gasteiger partial charge >= 0.3 is 12.0 Å². The van der Waals surface area contributed by atoms with Crippen LogP contribution in [0.3, 0.4) is 0 Å². The first-order chi connectivity index (χ1) is 19.5. The van der Waals surface area contributed by atoms with E-state index in [2.05, 4.69) is 10.2 Å². The van der Waals surface area contributed by atoms with Gasteiger partial charge in [-0.15, -0.1) is 11.3 Å². The Labute approximate surface area is 239 Å². The van der Waals surface area contributed by atoms with Gasteiger partial charge < -0.3 is 24.6 Å². The van der Waals surface area contributed by atoms with Crippen LogP contribution in [0.15, 0.2) is 72.1 Å². The van der Waals surface area contributed by atoms with Gasteiger partial charge in [-0.1, -0.05) is 36.4 Å². The number of morpholine rings is 1. The third-order valence-electron chi connectivity index (χ3n) is 6.55. The molecule has 1 aliphatic heterocycles. The molecular formula is C30H36N4O5S. The molecule has 1 aromatic heterocycles. The molecule has 9 nitrogen and oxygen atoms in total. The van der Waals surface area contributed by atoms with E-state index >= 15 is 0 Å². The number of urea groups is 1. The Kier molecular flexibility index (Phi) is 11.1. The zero-order valence-corrected chi connectivity index (χ0v) is 23.6. The van der Waals surface area contributed by atoms with Crippen molar-refractivity contribution in [2.45, 2.75) is 20.0 Å². The molecule has 2 heterocycles. The van der Waals surface area contributed by atoms with Crippen molar-refractivity contribution >= 4 is 34.9 Å². The van der Waals surface area contributed by atoms with Crippen molar-refractivity contribution in [1.82, 2.24) is 14.7 Å². The number of benzene rings is 2. The quantitative estimate of drug-likeness (QED) is 0.330. The molecule has 1 N–H and O–H groups in total. The predicted octanol–water partition coefficient (Wildman–Crippen LogP) is 4.32. The summed E-state index contributed by atoms with van der Waals surface area (Å²) in [5.41, 5.74) is 1.96. The van der Waals surface area contributed by atoms with Gasteiger partial charge in [-0.05, 0) is 48.2 Å². The Morgan fingerprint density at radius 3 is 2.38 bits per heavy atom. The molecule has 1 aliphatic rings. The molecule has 212 valence electrons. The minimum Gasteiger partial charge on any atom is -0.462 e. The lowest BCUT2D eigenvalue weighted by atomic mass is 10.2. The molecule has 0 radical (unpaired) electrons. The van der Waals surface area contributed by atoms with E-state index in [1.54, 1.807) is 52.3 Å². The maximum atomic E-state index is 13.7. The summed E-state index contributed by atoms with van der Waals surface area (Å²) in [6, 6.07) is 20.0. The van der Waals surface area contributed by atoms with Crippen LogP contribution in [0.4, 0.5) is 10.5 Å². The van der Waals surface area contributed by atoms with Gasteiger partial charge in [0, 0.05) is 43.3 Å². The van der Waals surface area contributed by atoms with Crippen molar-refractivity contribution < 1.29 is 23.9 Å². The van der Waals surface area contributed by atoms with Crippen LogP contribution in [0.1, 0.15) is 27.7 Å². The number of esters is 1. The highest BCUT2D eigenvalue weighted by Crippen LogP contribution is 2.16. The lowest BCUT2D eigenvalue weighted by Gasteiger charge is -2.31. The Balaban J connectivity index is 1.47. The third-order valence-corrected chi connectivity index (χ3v) is 7.41. The molecule has 3 aromatic rings. The predicted molar refractivity (Wildman–Crippen MR) is 155 cm³/mol. The lowest BCUT2D eigenvalue weighted by molar-refractivity contribution is -0.133. The summed E-state index contributed by atoms with van der Waals surface area (Å²) in [5.74, 6) is -0.547. The fourth-order valence-corrected chi connectivity index (χ4v) is 5.06. The number of ether oxygens (including phenoxy) is 2. The van der Waals surface area contributed by atoms with Gasteiger partial charge in [-0.2, -0.15) is 0 Å². The fourth-order valence-electron chi connectivity index (χ4n) is 4.34. The van der Waals surface area contributed by atoms with Crippen molar-refractivity contribution in [3.05, 3.63) is 88.1 Å². The zero-order valence-electron chi connectivity index (χ0n) is 22.8. The molecule has 0 saturated carbocycles. The maximum absolute atomic E-state index is 13.7. The van der Waals surface area contributed by atoms with Crippen molar-refractivity contribution in [2.75, 3.05) is 57.9 Å². The molecule has 4 rings (SSSR count). The van der Waals surface area contributed by atoms with Crippen molar-refractivity contribution in [1.29, 1.82) is 0 Å². The van der Waals surface area contributed by atoms with Crippen LogP contribution in [0, 0.1) is 0 Å². The van der Waals surface area contributed by atoms with Crippen molar-refractivity contribution in [3.8, 4) is 0 Å². The maximum Gasteiger partial charge on any atom is 0.338 e. The number of carbonyl (C=O) groups excluding carboxylic acids is 3. The van der Waals surface area contributed by atoms with E-state index in [0.29, 0.717) is 50.6 Å². The number of anilines is 1. The molecule has 10 heteroatoms. The first kappa shape index (κ1) is 29.3. The smallest absolute Gasteiger partial charge is 0.338 e. The van der Waals surface area contributed by atoms with Crippen LogP contribution in [0.2, 0.25) is 0 Å². The number of hydrogen-bond donors (Lipinski definition) is 1. The number of nitrogens with one attached hydrogen (secondary N) is 1. The standard InChI is InChI=1S/C30H36N4O5S/c1-2-39-29(36)25-10-12-26(13-11-25)31-30(37)33(15-14-32-16-18-38-19-17-32)23-28(35)34(22-27-9-6-20-40-27)21-24-7-4-3-5-8-24/h3-13,20H,2,14-19,21-23H2,1H3,(H,31,37). The van der Waals surface area contributed by atoms with Gasteiger partial charge in [-0.3, -0.25) is 9.69 Å². The van der Waals surface area contributed by atoms with Crippen LogP contribution < -0.4 is 5.32 Å². The van der Waals surface area contributed by atoms with Gasteiger partial charge in [0.2, 0.25) is 5.91 Å². The number of nitrogens with zero attached hydrogens (tertiary/aromatic N) is 3. The zero-order chi connectivity index (χ0) is 28.2. The Hall–Kier alpha value is -3.73. The second kappa shape index (κ2) is 15.2. The second-order valence-electron chi connectivity index (χ2n) is 9.42. The monoisotopic (exact) mass is 564 g/mol. The number of thiophene rings is 1. The summed E-state index contributed by atoms with van der Waals surface area (Å²) in [6.07, 6.45) is 0. The van der Waals surface area contributed by atoms with Gasteiger partial charge in [0.15, 0.2) is 0 Å². The van der Waals surface area contributed by atoms with Gasteiger partial charge in [-0.25, -0.2) is 9.59 Å². The summed E-state index contributed by atoms with van der Waals surface area (Å²) < 4.78 is 10.5. The first-order valence-electron chi connectivity index (χ1n) is 13.5. The van der Waals surface area contributed by atoms with Crippen LogP contribution in [-0.4, -0.2) is 85.2 Å². The fraction of sp³-hybridized carbons (Fsp3) is 0.367. The van der Waals surface area contributed by atoms with E-state index in [4.69, 9.17) is 9.47 Å². The van der Waals surface area contributed by atoms with Gasteiger partial charge in [0.1, 0.15) is 6.54 Å². The Morgan fingerprint density at radius 2 is 1.70 bits per heavy atom. The molecule has 0 unspecified atom stereocenters. The number of amides is 3. The number of hydrogen-bond acceptors (Lipinski definition) is 7. The summed E-state index contributed by atoms with van der Waals surface area (Å²) >= 11 is 1.60. The Bertz CT molecular complexity index is 1210. The summed E-state index contributed by atoms with van der Waals surface area (Å²) in [7, 11) is 0. The molecule has 40 heavy (non-hydrogen) atoms. The van der Waals surface area contributed by atoms with E-state index < -0.39 is 5.97 Å². The number of carbonyl (C=O) groups is 3. The van der Waals surface area contributed by atoms with E-state index in [0.717, 1.165) is 23.5 Å². The molecule has 0 atom stereocenters. The van der Waals surface area contributed by atoms with E-state index in [1.807, 2.05) is 47.8 Å². The van der Waals surface area contributed by atoms with Crippen LogP contribution >= 0.6 is 11.3 Å². The van der Waals surface area contributed by atoms with Gasteiger partial charge in [0.05, 0.1) is 31.9 Å². The normalized spacial score (nSPS) is 13.4. The highest BCUT2D eigenvalue weighted by atomic mass is 32.1. The highest BCUT2D eigenvalue weighted by molar-refractivity contribution is 7.09. The molecule has 0 aliphatic carbocycles. The molecule has 0 spiro atoms. The molecule has 0 bridgehead atoms. The molecular weight excluding hydrogens is 528 g/mol. The van der Waals surface area contributed by atoms with Crippen LogP contribution in [-0.2, 0) is 27.4 Å². The summed E-state index contributed by atoms with van der Waals surface area (Å²) in [5, 5.41) is 4.89. The van der Waals surface area contributed by atoms with E-state index in [9.17, 15) is 14.4 Å². The average Bonchev–Trinajstić information content (AvgIpc) is 3.49. The third kappa shape index (κ3) is 8.90. The topological polar surface area (TPSA) is 91.4 Å². The average molecular weight is 565 g/mol. The minimum atomic E-state index is -0.414. The van der Waals surface area contributed by atoms with Crippen LogP contribution in [0.5, 0.6) is 0 Å². The van der Waals surface area contributed by atoms with Crippen LogP contribution in [0.25, 0.3) is 0 Å². The Morgan fingerprint density at radius 1 is 0.950 bits per heavy atom. The van der Waals surface area contributed by atoms with Crippen molar-refractivity contribution in [3.63, 3.8) is 0 Å².